The van der Waals surface area contributed by atoms with Gasteiger partial charge in [0.05, 0.1) is 11.9 Å². The summed E-state index contributed by atoms with van der Waals surface area (Å²) in [6, 6.07) is 23.4. The van der Waals surface area contributed by atoms with E-state index in [-0.39, 0.29) is 18.9 Å². The van der Waals surface area contributed by atoms with E-state index in [1.54, 1.807) is 18.2 Å². The van der Waals surface area contributed by atoms with E-state index in [4.69, 9.17) is 0 Å². The Kier molecular flexibility index (Phi) is 9.56. The van der Waals surface area contributed by atoms with Gasteiger partial charge in [0.25, 0.3) is 0 Å². The Morgan fingerprint density at radius 1 is 0.897 bits per heavy atom. The highest BCUT2D eigenvalue weighted by Gasteiger charge is 2.34. The van der Waals surface area contributed by atoms with Crippen molar-refractivity contribution in [2.75, 3.05) is 17.1 Å². The van der Waals surface area contributed by atoms with Crippen LogP contribution in [0, 0.1) is 13.8 Å². The van der Waals surface area contributed by atoms with Crippen LogP contribution in [0.1, 0.15) is 43.0 Å². The summed E-state index contributed by atoms with van der Waals surface area (Å²) in [5.74, 6) is -0.759. The maximum absolute atomic E-state index is 14.1. The number of benzene rings is 3. The molecule has 3 aromatic rings. The number of sulfonamides is 1. The fourth-order valence-electron chi connectivity index (χ4n) is 4.37. The van der Waals surface area contributed by atoms with Crippen LogP contribution in [0.15, 0.2) is 78.9 Å². The van der Waals surface area contributed by atoms with Crippen molar-refractivity contribution >= 4 is 27.5 Å². The van der Waals surface area contributed by atoms with E-state index >= 15 is 0 Å². The maximum atomic E-state index is 14.1. The molecule has 0 unspecified atom stereocenters. The summed E-state index contributed by atoms with van der Waals surface area (Å²) in [6.45, 7) is 9.22. The highest BCUT2D eigenvalue weighted by molar-refractivity contribution is 7.92. The van der Waals surface area contributed by atoms with Crippen LogP contribution in [0.4, 0.5) is 5.69 Å². The molecule has 3 aromatic carbocycles. The average Bonchev–Trinajstić information content (AvgIpc) is 2.84. The minimum atomic E-state index is -3.79. The van der Waals surface area contributed by atoms with Crippen LogP contribution in [0.25, 0.3) is 0 Å². The van der Waals surface area contributed by atoms with Crippen LogP contribution < -0.4 is 9.62 Å². The van der Waals surface area contributed by atoms with Gasteiger partial charge in [-0.1, -0.05) is 66.7 Å². The van der Waals surface area contributed by atoms with Crippen LogP contribution in [-0.4, -0.2) is 49.5 Å². The van der Waals surface area contributed by atoms with Gasteiger partial charge in [-0.2, -0.15) is 0 Å². The summed E-state index contributed by atoms with van der Waals surface area (Å²) in [5.41, 5.74) is 3.51. The zero-order valence-corrected chi connectivity index (χ0v) is 24.5. The molecule has 208 valence electrons. The Bertz CT molecular complexity index is 1400. The second-order valence-corrected chi connectivity index (χ2v) is 12.9. The second-order valence-electron chi connectivity index (χ2n) is 11.0. The van der Waals surface area contributed by atoms with E-state index in [0.717, 1.165) is 32.8 Å². The van der Waals surface area contributed by atoms with Gasteiger partial charge < -0.3 is 10.2 Å². The SMILES string of the molecule is Cc1cccc(N(CC(=O)N(Cc2ccccc2C)[C@H](Cc2ccccc2)C(=O)NC(C)(C)C)S(C)(=O)=O)c1. The van der Waals surface area contributed by atoms with E-state index in [0.29, 0.717) is 5.69 Å². The number of hydrogen-bond donors (Lipinski definition) is 1. The monoisotopic (exact) mass is 549 g/mol. The van der Waals surface area contributed by atoms with Crippen molar-refractivity contribution in [2.45, 2.75) is 59.2 Å². The fourth-order valence-corrected chi connectivity index (χ4v) is 5.22. The molecule has 0 heterocycles. The first-order chi connectivity index (χ1) is 18.2. The molecule has 0 aromatic heterocycles. The molecule has 0 fully saturated rings. The molecule has 0 aliphatic heterocycles. The topological polar surface area (TPSA) is 86.8 Å². The molecule has 0 saturated heterocycles. The first-order valence-corrected chi connectivity index (χ1v) is 14.8. The lowest BCUT2D eigenvalue weighted by Gasteiger charge is -2.35. The zero-order chi connectivity index (χ0) is 28.8. The number of rotatable bonds is 10. The minimum absolute atomic E-state index is 0.159. The zero-order valence-electron chi connectivity index (χ0n) is 23.6. The molecule has 0 aliphatic rings. The number of carbonyl (C=O) groups is 2. The van der Waals surface area contributed by atoms with Crippen molar-refractivity contribution < 1.29 is 18.0 Å². The number of aryl methyl sites for hydroxylation is 2. The minimum Gasteiger partial charge on any atom is -0.350 e. The maximum Gasteiger partial charge on any atom is 0.244 e. The summed E-state index contributed by atoms with van der Waals surface area (Å²) in [5, 5.41) is 3.03. The van der Waals surface area contributed by atoms with Gasteiger partial charge in [-0.15, -0.1) is 0 Å². The summed E-state index contributed by atoms with van der Waals surface area (Å²) >= 11 is 0. The van der Waals surface area contributed by atoms with Crippen molar-refractivity contribution in [3.63, 3.8) is 0 Å². The van der Waals surface area contributed by atoms with Crippen LogP contribution in [0.5, 0.6) is 0 Å². The first kappa shape index (κ1) is 29.9. The van der Waals surface area contributed by atoms with Gasteiger partial charge >= 0.3 is 0 Å². The lowest BCUT2D eigenvalue weighted by Crippen LogP contribution is -2.56. The highest BCUT2D eigenvalue weighted by atomic mass is 32.2. The van der Waals surface area contributed by atoms with Crippen LogP contribution in [0.2, 0.25) is 0 Å². The summed E-state index contributed by atoms with van der Waals surface area (Å²) < 4.78 is 26.8. The third-order valence-corrected chi connectivity index (χ3v) is 7.48. The highest BCUT2D eigenvalue weighted by Crippen LogP contribution is 2.22. The Labute approximate surface area is 232 Å². The lowest BCUT2D eigenvalue weighted by molar-refractivity contribution is -0.140. The third-order valence-electron chi connectivity index (χ3n) is 6.34. The van der Waals surface area contributed by atoms with Crippen molar-refractivity contribution in [1.82, 2.24) is 10.2 Å². The average molecular weight is 550 g/mol. The van der Waals surface area contributed by atoms with E-state index in [1.807, 2.05) is 95.3 Å². The molecule has 0 aliphatic carbocycles. The number of hydrogen-bond acceptors (Lipinski definition) is 4. The van der Waals surface area contributed by atoms with E-state index in [9.17, 15) is 18.0 Å². The van der Waals surface area contributed by atoms with Gasteiger partial charge in [0.2, 0.25) is 21.8 Å². The largest absolute Gasteiger partial charge is 0.350 e. The Hall–Kier alpha value is -3.65. The number of amides is 2. The van der Waals surface area contributed by atoms with Gasteiger partial charge in [0.1, 0.15) is 12.6 Å². The summed E-state index contributed by atoms with van der Waals surface area (Å²) in [7, 11) is -3.79. The lowest BCUT2D eigenvalue weighted by atomic mass is 10.00. The molecule has 0 spiro atoms. The van der Waals surface area contributed by atoms with E-state index in [1.165, 1.54) is 4.90 Å². The standard InChI is InChI=1S/C31H39N3O4S/c1-23-13-12-18-27(19-23)34(39(6,37)38)22-29(35)33(21-26-17-11-10-14-24(26)2)28(30(36)32-31(3,4)5)20-25-15-8-7-9-16-25/h7-19,28H,20-22H2,1-6H3,(H,32,36)/t28-/m1/s1. The quantitative estimate of drug-likeness (QED) is 0.400. The van der Waals surface area contributed by atoms with Crippen LogP contribution >= 0.6 is 0 Å². The number of nitrogens with zero attached hydrogens (tertiary/aromatic N) is 2. The molecule has 7 nitrogen and oxygen atoms in total. The Morgan fingerprint density at radius 3 is 2.13 bits per heavy atom. The Balaban J connectivity index is 2.09. The summed E-state index contributed by atoms with van der Waals surface area (Å²) in [6.07, 6.45) is 1.37. The van der Waals surface area contributed by atoms with Gasteiger partial charge in [-0.3, -0.25) is 13.9 Å². The molecular formula is C31H39N3O4S. The van der Waals surface area contributed by atoms with Gasteiger partial charge in [0, 0.05) is 18.5 Å². The molecule has 8 heteroatoms. The van der Waals surface area contributed by atoms with Crippen molar-refractivity contribution in [3.05, 3.63) is 101 Å². The van der Waals surface area contributed by atoms with Gasteiger partial charge in [-0.05, 0) is 69.0 Å². The molecule has 3 rings (SSSR count). The number of nitrogens with one attached hydrogen (secondary N) is 1. The van der Waals surface area contributed by atoms with Gasteiger partial charge in [0.15, 0.2) is 0 Å². The molecule has 0 saturated carbocycles. The van der Waals surface area contributed by atoms with E-state index in [2.05, 4.69) is 5.32 Å². The molecule has 39 heavy (non-hydrogen) atoms. The van der Waals surface area contributed by atoms with Crippen molar-refractivity contribution in [1.29, 1.82) is 0 Å². The van der Waals surface area contributed by atoms with Crippen LogP contribution in [0.3, 0.4) is 0 Å². The fraction of sp³-hybridized carbons (Fsp3) is 0.355. The Morgan fingerprint density at radius 2 is 1.54 bits per heavy atom. The number of anilines is 1. The van der Waals surface area contributed by atoms with Crippen LogP contribution in [-0.2, 0) is 32.6 Å². The molecule has 1 atom stereocenters. The number of carbonyl (C=O) groups excluding carboxylic acids is 2. The predicted octanol–water partition coefficient (Wildman–Crippen LogP) is 4.62. The predicted molar refractivity (Wildman–Crippen MR) is 157 cm³/mol. The van der Waals surface area contributed by atoms with Gasteiger partial charge in [-0.25, -0.2) is 8.42 Å². The molecule has 0 radical (unpaired) electrons. The van der Waals surface area contributed by atoms with E-state index < -0.39 is 34.1 Å². The molecule has 0 bridgehead atoms. The summed E-state index contributed by atoms with van der Waals surface area (Å²) in [4.78, 5) is 29.4. The molecule has 1 N–H and O–H groups in total. The normalized spacial score (nSPS) is 12.5. The second kappa shape index (κ2) is 12.5. The van der Waals surface area contributed by atoms with Crippen molar-refractivity contribution in [3.8, 4) is 0 Å². The smallest absolute Gasteiger partial charge is 0.244 e. The molecular weight excluding hydrogens is 510 g/mol. The van der Waals surface area contributed by atoms with Crippen molar-refractivity contribution in [2.24, 2.45) is 0 Å². The third kappa shape index (κ3) is 8.68. The first-order valence-electron chi connectivity index (χ1n) is 13.0. The molecule has 2 amide bonds.